The number of rotatable bonds is 3. The van der Waals surface area contributed by atoms with Gasteiger partial charge in [-0.25, -0.2) is 4.99 Å². The van der Waals surface area contributed by atoms with E-state index in [9.17, 15) is 4.79 Å². The van der Waals surface area contributed by atoms with Crippen molar-refractivity contribution in [2.75, 3.05) is 0 Å². The molecule has 146 valence electrons. The second-order valence-corrected chi connectivity index (χ2v) is 8.52. The fourth-order valence-electron chi connectivity index (χ4n) is 2.53. The highest BCUT2D eigenvalue weighted by Crippen LogP contribution is 2.35. The maximum atomic E-state index is 12.3. The molecule has 0 radical (unpaired) electrons. The number of nitrogens with one attached hydrogen (secondary N) is 1. The Kier molecular flexibility index (Phi) is 5.95. The molecule has 4 rings (SSSR count). The number of amides is 1. The van der Waals surface area contributed by atoms with Crippen LogP contribution in [0.5, 0.6) is 0 Å². The third-order valence-corrected chi connectivity index (χ3v) is 6.37. The van der Waals surface area contributed by atoms with E-state index >= 15 is 0 Å². The van der Waals surface area contributed by atoms with Crippen molar-refractivity contribution >= 4 is 81.0 Å². The van der Waals surface area contributed by atoms with E-state index in [1.807, 2.05) is 0 Å². The molecule has 0 saturated carbocycles. The van der Waals surface area contributed by atoms with Crippen molar-refractivity contribution in [2.45, 2.75) is 0 Å². The predicted octanol–water partition coefficient (Wildman–Crippen LogP) is 7.45. The largest absolute Gasteiger partial charge is 0.457 e. The van der Waals surface area contributed by atoms with Gasteiger partial charge in [0.1, 0.15) is 11.5 Å². The number of benzene rings is 2. The summed E-state index contributed by atoms with van der Waals surface area (Å²) in [5.74, 6) is 0.851. The van der Waals surface area contributed by atoms with Crippen molar-refractivity contribution in [3.05, 3.63) is 79.3 Å². The van der Waals surface area contributed by atoms with Gasteiger partial charge in [-0.1, -0.05) is 52.5 Å². The van der Waals surface area contributed by atoms with Gasteiger partial charge in [-0.2, -0.15) is 0 Å². The lowest BCUT2D eigenvalue weighted by Crippen LogP contribution is -2.19. The molecule has 3 aromatic rings. The number of carbonyl (C=O) groups excluding carboxylic acids is 1. The third-order valence-electron chi connectivity index (χ3n) is 3.91. The minimum absolute atomic E-state index is 0.278. The Bertz CT molecular complexity index is 1190. The molecule has 1 aromatic heterocycles. The van der Waals surface area contributed by atoms with Gasteiger partial charge in [0.25, 0.3) is 5.91 Å². The van der Waals surface area contributed by atoms with Gasteiger partial charge in [0, 0.05) is 11.6 Å². The molecule has 1 aliphatic heterocycles. The standard InChI is InChI=1S/C20H10Cl4N2O2S/c21-12-6-4-10(8-14(12)23)16-7-5-11(28-16)9-17-19(27)26-20(29-17)25-15-3-1-2-13(22)18(15)24/h1-9H,(H,25,26,27). The van der Waals surface area contributed by atoms with Crippen LogP contribution in [0.1, 0.15) is 5.76 Å². The van der Waals surface area contributed by atoms with Crippen LogP contribution >= 0.6 is 58.2 Å². The zero-order valence-electron chi connectivity index (χ0n) is 14.4. The third kappa shape index (κ3) is 4.49. The predicted molar refractivity (Wildman–Crippen MR) is 121 cm³/mol. The number of nitrogens with zero attached hydrogens (tertiary/aromatic N) is 1. The Morgan fingerprint density at radius 2 is 1.79 bits per heavy atom. The molecule has 4 nitrogen and oxygen atoms in total. The van der Waals surface area contributed by atoms with Crippen LogP contribution in [0.15, 0.2) is 62.8 Å². The molecule has 0 aliphatic carbocycles. The smallest absolute Gasteiger partial charge is 0.264 e. The highest BCUT2D eigenvalue weighted by atomic mass is 35.5. The van der Waals surface area contributed by atoms with Gasteiger partial charge in [0.15, 0.2) is 5.17 Å². The summed E-state index contributed by atoms with van der Waals surface area (Å²) in [7, 11) is 0. The number of furan rings is 1. The van der Waals surface area contributed by atoms with Crippen molar-refractivity contribution in [2.24, 2.45) is 4.99 Å². The van der Waals surface area contributed by atoms with Crippen molar-refractivity contribution in [3.8, 4) is 11.3 Å². The minimum Gasteiger partial charge on any atom is -0.457 e. The van der Waals surface area contributed by atoms with Crippen molar-refractivity contribution in [1.29, 1.82) is 0 Å². The quantitative estimate of drug-likeness (QED) is 0.393. The molecular formula is C20H10Cl4N2O2S. The minimum atomic E-state index is -0.278. The molecule has 2 aromatic carbocycles. The first-order chi connectivity index (χ1) is 13.9. The van der Waals surface area contributed by atoms with Crippen LogP contribution in [-0.2, 0) is 4.79 Å². The zero-order chi connectivity index (χ0) is 20.5. The summed E-state index contributed by atoms with van der Waals surface area (Å²) in [4.78, 5) is 17.1. The van der Waals surface area contributed by atoms with Gasteiger partial charge in [0.05, 0.1) is 30.7 Å². The van der Waals surface area contributed by atoms with E-state index in [0.29, 0.717) is 47.4 Å². The van der Waals surface area contributed by atoms with E-state index < -0.39 is 0 Å². The fraction of sp³-hybridized carbons (Fsp3) is 0. The first-order valence-corrected chi connectivity index (χ1v) is 10.5. The summed E-state index contributed by atoms with van der Waals surface area (Å²) >= 11 is 25.3. The van der Waals surface area contributed by atoms with Crippen LogP contribution in [0.25, 0.3) is 17.4 Å². The molecule has 29 heavy (non-hydrogen) atoms. The van der Waals surface area contributed by atoms with Crippen molar-refractivity contribution < 1.29 is 9.21 Å². The van der Waals surface area contributed by atoms with Crippen molar-refractivity contribution in [3.63, 3.8) is 0 Å². The lowest BCUT2D eigenvalue weighted by molar-refractivity contribution is -0.115. The van der Waals surface area contributed by atoms with E-state index in [4.69, 9.17) is 50.8 Å². The average Bonchev–Trinajstić information content (AvgIpc) is 3.28. The number of aliphatic imine (C=N–C) groups is 1. The highest BCUT2D eigenvalue weighted by Gasteiger charge is 2.24. The van der Waals surface area contributed by atoms with Gasteiger partial charge in [-0.15, -0.1) is 0 Å². The summed E-state index contributed by atoms with van der Waals surface area (Å²) in [5, 5.41) is 4.73. The first-order valence-electron chi connectivity index (χ1n) is 8.19. The van der Waals surface area contributed by atoms with Crippen LogP contribution in [0.3, 0.4) is 0 Å². The number of thioether (sulfide) groups is 1. The van der Waals surface area contributed by atoms with E-state index in [2.05, 4.69) is 10.3 Å². The van der Waals surface area contributed by atoms with Crippen LogP contribution < -0.4 is 5.32 Å². The lowest BCUT2D eigenvalue weighted by atomic mass is 10.2. The van der Waals surface area contributed by atoms with Crippen molar-refractivity contribution in [1.82, 2.24) is 5.32 Å². The van der Waals surface area contributed by atoms with Crippen LogP contribution in [-0.4, -0.2) is 11.1 Å². The summed E-state index contributed by atoms with van der Waals surface area (Å²) in [6.45, 7) is 0. The fourth-order valence-corrected chi connectivity index (χ4v) is 3.98. The molecule has 0 bridgehead atoms. The number of halogens is 4. The highest BCUT2D eigenvalue weighted by molar-refractivity contribution is 8.18. The number of carbonyl (C=O) groups is 1. The molecule has 2 heterocycles. The average molecular weight is 484 g/mol. The maximum Gasteiger partial charge on any atom is 0.264 e. The van der Waals surface area contributed by atoms with E-state index in [0.717, 1.165) is 5.56 Å². The molecule has 9 heteroatoms. The van der Waals surface area contributed by atoms with Crippen LogP contribution in [0.4, 0.5) is 5.69 Å². The Morgan fingerprint density at radius 3 is 2.59 bits per heavy atom. The Hall–Kier alpha value is -1.89. The number of amidine groups is 1. The van der Waals surface area contributed by atoms with Gasteiger partial charge >= 0.3 is 0 Å². The number of hydrogen-bond acceptors (Lipinski definition) is 4. The Morgan fingerprint density at radius 1 is 0.966 bits per heavy atom. The summed E-state index contributed by atoms with van der Waals surface area (Å²) in [6.07, 6.45) is 1.64. The Balaban J connectivity index is 1.57. The molecular weight excluding hydrogens is 474 g/mol. The lowest BCUT2D eigenvalue weighted by Gasteiger charge is -2.00. The van der Waals surface area contributed by atoms with Gasteiger partial charge < -0.3 is 9.73 Å². The topological polar surface area (TPSA) is 54.6 Å². The van der Waals surface area contributed by atoms with E-state index in [1.54, 1.807) is 54.6 Å². The second-order valence-electron chi connectivity index (χ2n) is 5.89. The normalized spacial score (nSPS) is 16.6. The molecule has 1 N–H and O–H groups in total. The molecule has 0 atom stereocenters. The SMILES string of the molecule is O=C1NC(=Nc2cccc(Cl)c2Cl)SC1=Cc1ccc(-c2ccc(Cl)c(Cl)c2)o1. The second kappa shape index (κ2) is 8.46. The van der Waals surface area contributed by atoms with Gasteiger partial charge in [-0.05, 0) is 54.2 Å². The molecule has 1 aliphatic rings. The van der Waals surface area contributed by atoms with Gasteiger partial charge in [-0.3, -0.25) is 4.79 Å². The van der Waals surface area contributed by atoms with E-state index in [1.165, 1.54) is 11.8 Å². The van der Waals surface area contributed by atoms with Crippen LogP contribution in [0, 0.1) is 0 Å². The van der Waals surface area contributed by atoms with Gasteiger partial charge in [0.2, 0.25) is 0 Å². The number of hydrogen-bond donors (Lipinski definition) is 1. The van der Waals surface area contributed by atoms with E-state index in [-0.39, 0.29) is 5.91 Å². The molecule has 1 amide bonds. The maximum absolute atomic E-state index is 12.3. The molecule has 1 saturated heterocycles. The Labute approximate surface area is 190 Å². The summed E-state index contributed by atoms with van der Waals surface area (Å²) < 4.78 is 5.81. The van der Waals surface area contributed by atoms with Crippen LogP contribution in [0.2, 0.25) is 20.1 Å². The molecule has 0 spiro atoms. The molecule has 1 fully saturated rings. The zero-order valence-corrected chi connectivity index (χ0v) is 18.2. The summed E-state index contributed by atoms with van der Waals surface area (Å²) in [6, 6.07) is 13.9. The molecule has 0 unspecified atom stereocenters. The first kappa shape index (κ1) is 20.4. The monoisotopic (exact) mass is 482 g/mol. The summed E-state index contributed by atoms with van der Waals surface area (Å²) in [5.41, 5.74) is 1.26.